The van der Waals surface area contributed by atoms with Gasteiger partial charge in [-0.05, 0) is 30.5 Å². The average molecular weight is 460 g/mol. The van der Waals surface area contributed by atoms with Crippen LogP contribution in [0, 0.1) is 12.7 Å². The Morgan fingerprint density at radius 2 is 2.07 bits per heavy atom. The fourth-order valence-corrected chi connectivity index (χ4v) is 5.09. The molecular formula is C19H14FN5O2S3. The number of aromatic nitrogens is 4. The topological polar surface area (TPSA) is 89.8 Å². The van der Waals surface area contributed by atoms with Crippen molar-refractivity contribution in [1.29, 1.82) is 0 Å². The number of nitrogens with zero attached hydrogens (tertiary/aromatic N) is 4. The molecule has 0 unspecified atom stereocenters. The van der Waals surface area contributed by atoms with E-state index in [1.807, 2.05) is 17.5 Å². The number of hydrogen-bond acceptors (Lipinski definition) is 8. The van der Waals surface area contributed by atoms with Crippen LogP contribution in [0.1, 0.15) is 21.1 Å². The fourth-order valence-electron chi connectivity index (χ4n) is 2.57. The Kier molecular flexibility index (Phi) is 6.02. The lowest BCUT2D eigenvalue weighted by molar-refractivity contribution is 0.101. The number of thioether (sulfide) groups is 1. The zero-order valence-corrected chi connectivity index (χ0v) is 18.0. The Morgan fingerprint density at radius 3 is 2.83 bits per heavy atom. The number of rotatable bonds is 6. The smallest absolute Gasteiger partial charge is 0.282 e. The van der Waals surface area contributed by atoms with Crippen LogP contribution in [0.5, 0.6) is 0 Å². The first-order chi connectivity index (χ1) is 14.5. The highest BCUT2D eigenvalue weighted by molar-refractivity contribution is 8.00. The van der Waals surface area contributed by atoms with Crippen molar-refractivity contribution < 1.29 is 9.18 Å². The lowest BCUT2D eigenvalue weighted by Crippen LogP contribution is -2.27. The van der Waals surface area contributed by atoms with Crippen molar-refractivity contribution in [2.75, 3.05) is 5.32 Å². The molecule has 1 N–H and O–H groups in total. The molecular weight excluding hydrogens is 445 g/mol. The molecule has 0 bridgehead atoms. The first-order valence-corrected chi connectivity index (χ1v) is 11.4. The molecule has 0 saturated heterocycles. The predicted octanol–water partition coefficient (Wildman–Crippen LogP) is 4.14. The minimum atomic E-state index is -0.726. The summed E-state index contributed by atoms with van der Waals surface area (Å²) in [4.78, 5) is 26.1. The molecule has 4 aromatic rings. The van der Waals surface area contributed by atoms with Crippen LogP contribution >= 0.6 is 34.4 Å². The van der Waals surface area contributed by atoms with E-state index in [0.717, 1.165) is 5.75 Å². The second-order valence-corrected chi connectivity index (χ2v) is 9.29. The van der Waals surface area contributed by atoms with E-state index in [1.54, 1.807) is 30.4 Å². The molecule has 0 atom stereocenters. The molecule has 0 aliphatic rings. The normalized spacial score (nSPS) is 10.9. The van der Waals surface area contributed by atoms with Crippen molar-refractivity contribution in [2.24, 2.45) is 0 Å². The van der Waals surface area contributed by atoms with Crippen LogP contribution < -0.4 is 10.7 Å². The first kappa shape index (κ1) is 20.4. The quantitative estimate of drug-likeness (QED) is 0.344. The second-order valence-electron chi connectivity index (χ2n) is 6.06. The zero-order chi connectivity index (χ0) is 21.1. The minimum absolute atomic E-state index is 0.146. The number of benzene rings is 1. The molecule has 4 rings (SSSR count). The van der Waals surface area contributed by atoms with Gasteiger partial charge in [0, 0.05) is 22.4 Å². The lowest BCUT2D eigenvalue weighted by Gasteiger charge is -2.11. The van der Waals surface area contributed by atoms with Crippen LogP contribution in [0.4, 0.5) is 9.52 Å². The molecule has 1 amide bonds. The van der Waals surface area contributed by atoms with Gasteiger partial charge in [0.05, 0.1) is 0 Å². The molecule has 0 spiro atoms. The Morgan fingerprint density at radius 1 is 1.23 bits per heavy atom. The summed E-state index contributed by atoms with van der Waals surface area (Å²) < 4.78 is 16.1. The van der Waals surface area contributed by atoms with E-state index in [2.05, 4.69) is 20.6 Å². The van der Waals surface area contributed by atoms with E-state index < -0.39 is 17.2 Å². The van der Waals surface area contributed by atoms with E-state index in [9.17, 15) is 14.0 Å². The van der Waals surface area contributed by atoms with Crippen LogP contribution in [0.25, 0.3) is 5.69 Å². The summed E-state index contributed by atoms with van der Waals surface area (Å²) in [6, 6.07) is 11.3. The molecule has 3 heterocycles. The van der Waals surface area contributed by atoms with Gasteiger partial charge >= 0.3 is 0 Å². The first-order valence-electron chi connectivity index (χ1n) is 8.67. The maximum Gasteiger partial charge on any atom is 0.282 e. The monoisotopic (exact) mass is 459 g/mol. The van der Waals surface area contributed by atoms with Crippen molar-refractivity contribution >= 4 is 45.5 Å². The summed E-state index contributed by atoms with van der Waals surface area (Å²) in [6.07, 6.45) is 0. The molecule has 0 radical (unpaired) electrons. The molecule has 30 heavy (non-hydrogen) atoms. The SMILES string of the molecule is Cc1cc(=O)c(C(=O)Nc2nnc(SCc3cccs3)s2)nn1-c1ccccc1F. The van der Waals surface area contributed by atoms with Crippen LogP contribution in [0.15, 0.2) is 57.0 Å². The highest BCUT2D eigenvalue weighted by Crippen LogP contribution is 2.29. The average Bonchev–Trinajstić information content (AvgIpc) is 3.39. The number of thiophene rings is 1. The molecule has 0 aliphatic heterocycles. The van der Waals surface area contributed by atoms with Crippen LogP contribution in [-0.2, 0) is 5.75 Å². The second kappa shape index (κ2) is 8.86. The molecule has 0 saturated carbocycles. The number of nitrogens with one attached hydrogen (secondary N) is 1. The summed E-state index contributed by atoms with van der Waals surface area (Å²) in [6.45, 7) is 1.62. The number of anilines is 1. The standard InChI is InChI=1S/C19H14FN5O2S3/c1-11-9-15(26)16(24-25(11)14-7-3-2-6-13(14)20)17(27)21-18-22-23-19(30-18)29-10-12-5-4-8-28-12/h2-9H,10H2,1H3,(H,21,22,27). The zero-order valence-electron chi connectivity index (χ0n) is 15.5. The van der Waals surface area contributed by atoms with E-state index in [1.165, 1.54) is 50.9 Å². The van der Waals surface area contributed by atoms with Gasteiger partial charge in [-0.3, -0.25) is 14.9 Å². The minimum Gasteiger partial charge on any atom is -0.295 e. The van der Waals surface area contributed by atoms with Crippen molar-refractivity contribution in [3.05, 3.63) is 80.2 Å². The van der Waals surface area contributed by atoms with Crippen molar-refractivity contribution in [2.45, 2.75) is 17.0 Å². The van der Waals surface area contributed by atoms with Gasteiger partial charge in [-0.25, -0.2) is 9.07 Å². The van der Waals surface area contributed by atoms with Gasteiger partial charge < -0.3 is 0 Å². The Hall–Kier alpha value is -2.89. The van der Waals surface area contributed by atoms with Crippen molar-refractivity contribution in [1.82, 2.24) is 20.0 Å². The van der Waals surface area contributed by atoms with Crippen molar-refractivity contribution in [3.8, 4) is 5.69 Å². The summed E-state index contributed by atoms with van der Waals surface area (Å²) in [5.41, 5.74) is -0.363. The Bertz CT molecular complexity index is 1250. The van der Waals surface area contributed by atoms with Crippen LogP contribution in [-0.4, -0.2) is 25.9 Å². The number of hydrogen-bond donors (Lipinski definition) is 1. The van der Waals surface area contributed by atoms with Gasteiger partial charge in [0.15, 0.2) is 10.0 Å². The largest absolute Gasteiger partial charge is 0.295 e. The van der Waals surface area contributed by atoms with Gasteiger partial charge in [0.1, 0.15) is 11.5 Å². The summed E-state index contributed by atoms with van der Waals surface area (Å²) in [5, 5.41) is 16.9. The van der Waals surface area contributed by atoms with Gasteiger partial charge in [0.25, 0.3) is 5.91 Å². The van der Waals surface area contributed by atoms with Crippen molar-refractivity contribution in [3.63, 3.8) is 0 Å². The van der Waals surface area contributed by atoms with E-state index in [4.69, 9.17) is 0 Å². The predicted molar refractivity (Wildman–Crippen MR) is 116 cm³/mol. The number of para-hydroxylation sites is 1. The van der Waals surface area contributed by atoms with E-state index in [0.29, 0.717) is 10.0 Å². The highest BCUT2D eigenvalue weighted by Gasteiger charge is 2.18. The number of amides is 1. The Labute approximate surface area is 182 Å². The van der Waals surface area contributed by atoms with Crippen LogP contribution in [0.3, 0.4) is 0 Å². The summed E-state index contributed by atoms with van der Waals surface area (Å²) >= 11 is 4.37. The van der Waals surface area contributed by atoms with E-state index >= 15 is 0 Å². The third-order valence-electron chi connectivity index (χ3n) is 3.95. The van der Waals surface area contributed by atoms with Crippen LogP contribution in [0.2, 0.25) is 0 Å². The van der Waals surface area contributed by atoms with Gasteiger partial charge in [-0.15, -0.1) is 21.5 Å². The molecule has 0 fully saturated rings. The number of carbonyl (C=O) groups is 1. The van der Waals surface area contributed by atoms with E-state index in [-0.39, 0.29) is 16.5 Å². The summed E-state index contributed by atoms with van der Waals surface area (Å²) in [7, 11) is 0. The Balaban J connectivity index is 1.53. The maximum atomic E-state index is 14.2. The van der Waals surface area contributed by atoms with Gasteiger partial charge in [-0.1, -0.05) is 41.3 Å². The fraction of sp³-hybridized carbons (Fsp3) is 0.105. The summed E-state index contributed by atoms with van der Waals surface area (Å²) in [5.74, 6) is -0.483. The molecule has 0 aliphatic carbocycles. The highest BCUT2D eigenvalue weighted by atomic mass is 32.2. The number of carbonyl (C=O) groups excluding carboxylic acids is 1. The third-order valence-corrected chi connectivity index (χ3v) is 7.03. The lowest BCUT2D eigenvalue weighted by atomic mass is 10.2. The third kappa shape index (κ3) is 4.48. The molecule has 7 nitrogen and oxygen atoms in total. The number of aryl methyl sites for hydroxylation is 1. The number of halogens is 1. The van der Waals surface area contributed by atoms with Gasteiger partial charge in [0.2, 0.25) is 10.6 Å². The molecule has 1 aromatic carbocycles. The van der Waals surface area contributed by atoms with Gasteiger partial charge in [-0.2, -0.15) is 5.10 Å². The maximum absolute atomic E-state index is 14.2. The molecule has 152 valence electrons. The molecule has 3 aromatic heterocycles. The molecule has 11 heteroatoms.